The quantitative estimate of drug-likeness (QED) is 0.821. The van der Waals surface area contributed by atoms with Gasteiger partial charge < -0.3 is 10.2 Å². The van der Waals surface area contributed by atoms with Crippen LogP contribution in [-0.2, 0) is 9.59 Å². The summed E-state index contributed by atoms with van der Waals surface area (Å²) in [6.45, 7) is 1.61. The molecule has 19 heavy (non-hydrogen) atoms. The van der Waals surface area contributed by atoms with Gasteiger partial charge in [0, 0.05) is 5.57 Å². The van der Waals surface area contributed by atoms with Crippen molar-refractivity contribution in [3.8, 4) is 0 Å². The van der Waals surface area contributed by atoms with Crippen LogP contribution < -0.4 is 0 Å². The maximum atomic E-state index is 11.4. The third-order valence-corrected chi connectivity index (χ3v) is 4.22. The Hall–Kier alpha value is -1.58. The van der Waals surface area contributed by atoms with E-state index in [0.29, 0.717) is 5.92 Å². The minimum atomic E-state index is -1.09. The van der Waals surface area contributed by atoms with Crippen LogP contribution in [0.4, 0.5) is 0 Å². The van der Waals surface area contributed by atoms with E-state index in [2.05, 4.69) is 0 Å². The molecule has 0 aromatic heterocycles. The molecule has 4 heteroatoms. The lowest BCUT2D eigenvalue weighted by Gasteiger charge is -2.31. The summed E-state index contributed by atoms with van der Waals surface area (Å²) < 4.78 is 0. The number of allylic oxidation sites excluding steroid dienone is 2. The van der Waals surface area contributed by atoms with Crippen molar-refractivity contribution in [2.24, 2.45) is 11.3 Å². The van der Waals surface area contributed by atoms with E-state index in [0.717, 1.165) is 31.3 Å². The zero-order valence-electron chi connectivity index (χ0n) is 11.2. The Labute approximate surface area is 112 Å². The largest absolute Gasteiger partial charge is 0.481 e. The molecule has 0 spiro atoms. The standard InChI is InChI=1S/C15H20O4/c1-15(14(18)19)8-11(7-12(9-15)13(16)17)10-5-3-2-4-6-10/h7-8,10H,2-6,9H2,1H3,(H,16,17)(H,18,19). The summed E-state index contributed by atoms with van der Waals surface area (Å²) in [5.41, 5.74) is 0.0381. The summed E-state index contributed by atoms with van der Waals surface area (Å²) >= 11 is 0. The van der Waals surface area contributed by atoms with Crippen molar-refractivity contribution in [1.82, 2.24) is 0 Å². The Morgan fingerprint density at radius 2 is 1.84 bits per heavy atom. The predicted molar refractivity (Wildman–Crippen MR) is 70.7 cm³/mol. The first kappa shape index (κ1) is 13.8. The lowest BCUT2D eigenvalue weighted by atomic mass is 9.73. The molecule has 2 aliphatic carbocycles. The minimum absolute atomic E-state index is 0.0634. The maximum absolute atomic E-state index is 11.4. The molecule has 1 saturated carbocycles. The third-order valence-electron chi connectivity index (χ3n) is 4.22. The fourth-order valence-electron chi connectivity index (χ4n) is 3.05. The van der Waals surface area contributed by atoms with E-state index >= 15 is 0 Å². The molecule has 2 rings (SSSR count). The second kappa shape index (κ2) is 5.19. The summed E-state index contributed by atoms with van der Waals surface area (Å²) in [6.07, 6.45) is 9.10. The third kappa shape index (κ3) is 2.88. The van der Waals surface area contributed by atoms with Crippen molar-refractivity contribution in [1.29, 1.82) is 0 Å². The molecule has 2 N–H and O–H groups in total. The topological polar surface area (TPSA) is 74.6 Å². The molecule has 104 valence electrons. The van der Waals surface area contributed by atoms with Gasteiger partial charge in [0.2, 0.25) is 0 Å². The Bertz CT molecular complexity index is 455. The van der Waals surface area contributed by atoms with E-state index in [1.54, 1.807) is 19.1 Å². The lowest BCUT2D eigenvalue weighted by Crippen LogP contribution is -2.31. The molecular formula is C15H20O4. The zero-order chi connectivity index (χ0) is 14.0. The number of rotatable bonds is 3. The van der Waals surface area contributed by atoms with Crippen LogP contribution in [0.2, 0.25) is 0 Å². The summed E-state index contributed by atoms with van der Waals surface area (Å²) in [5.74, 6) is -1.64. The van der Waals surface area contributed by atoms with Crippen molar-refractivity contribution in [2.75, 3.05) is 0 Å². The molecule has 0 aliphatic heterocycles. The van der Waals surface area contributed by atoms with Crippen LogP contribution in [0, 0.1) is 11.3 Å². The fourth-order valence-corrected chi connectivity index (χ4v) is 3.05. The van der Waals surface area contributed by atoms with E-state index in [1.807, 2.05) is 0 Å². The van der Waals surface area contributed by atoms with E-state index < -0.39 is 17.4 Å². The van der Waals surface area contributed by atoms with Crippen LogP contribution in [0.15, 0.2) is 23.3 Å². The molecule has 0 heterocycles. The minimum Gasteiger partial charge on any atom is -0.481 e. The zero-order valence-corrected chi connectivity index (χ0v) is 11.2. The van der Waals surface area contributed by atoms with E-state index in [9.17, 15) is 19.8 Å². The maximum Gasteiger partial charge on any atom is 0.331 e. The van der Waals surface area contributed by atoms with Gasteiger partial charge in [-0.05, 0) is 43.8 Å². The number of hydrogen-bond acceptors (Lipinski definition) is 2. The average molecular weight is 264 g/mol. The first-order valence-corrected chi connectivity index (χ1v) is 6.82. The van der Waals surface area contributed by atoms with Gasteiger partial charge in [0.1, 0.15) is 0 Å². The smallest absolute Gasteiger partial charge is 0.331 e. The molecule has 0 aromatic carbocycles. The summed E-state index contributed by atoms with van der Waals surface area (Å²) in [6, 6.07) is 0. The Morgan fingerprint density at radius 3 is 2.37 bits per heavy atom. The van der Waals surface area contributed by atoms with Crippen molar-refractivity contribution in [2.45, 2.75) is 45.4 Å². The molecule has 4 nitrogen and oxygen atoms in total. The SMILES string of the molecule is CC1(C(=O)O)C=C(C2CCCCC2)C=C(C(=O)O)C1. The molecule has 2 aliphatic rings. The van der Waals surface area contributed by atoms with E-state index in [-0.39, 0.29) is 12.0 Å². The monoisotopic (exact) mass is 264 g/mol. The second-order valence-corrected chi connectivity index (χ2v) is 5.85. The van der Waals surface area contributed by atoms with E-state index in [4.69, 9.17) is 0 Å². The van der Waals surface area contributed by atoms with Gasteiger partial charge in [-0.3, -0.25) is 4.79 Å². The molecule has 1 atom stereocenters. The van der Waals surface area contributed by atoms with Crippen LogP contribution in [0.25, 0.3) is 0 Å². The lowest BCUT2D eigenvalue weighted by molar-refractivity contribution is -0.145. The molecule has 0 saturated heterocycles. The normalized spacial score (nSPS) is 28.5. The first-order valence-electron chi connectivity index (χ1n) is 6.82. The van der Waals surface area contributed by atoms with Crippen LogP contribution in [0.1, 0.15) is 45.4 Å². The number of hydrogen-bond donors (Lipinski definition) is 2. The van der Waals surface area contributed by atoms with Crippen LogP contribution in [0.5, 0.6) is 0 Å². The summed E-state index contributed by atoms with van der Waals surface area (Å²) in [5, 5.41) is 18.5. The highest BCUT2D eigenvalue weighted by Crippen LogP contribution is 2.40. The van der Waals surface area contributed by atoms with Gasteiger partial charge in [-0.1, -0.05) is 25.3 Å². The number of carboxylic acid groups (broad SMARTS) is 2. The summed E-state index contributed by atoms with van der Waals surface area (Å²) in [4.78, 5) is 22.6. The molecule has 0 aromatic rings. The number of aliphatic carboxylic acids is 2. The molecular weight excluding hydrogens is 244 g/mol. The molecule has 1 unspecified atom stereocenters. The molecule has 0 amide bonds. The van der Waals surface area contributed by atoms with Gasteiger partial charge in [0.05, 0.1) is 5.41 Å². The van der Waals surface area contributed by atoms with Crippen molar-refractivity contribution in [3.63, 3.8) is 0 Å². The van der Waals surface area contributed by atoms with Crippen molar-refractivity contribution >= 4 is 11.9 Å². The van der Waals surface area contributed by atoms with Crippen LogP contribution in [0.3, 0.4) is 0 Å². The van der Waals surface area contributed by atoms with Gasteiger partial charge in [0.15, 0.2) is 0 Å². The van der Waals surface area contributed by atoms with Gasteiger partial charge in [-0.15, -0.1) is 0 Å². The highest BCUT2D eigenvalue weighted by Gasteiger charge is 2.37. The second-order valence-electron chi connectivity index (χ2n) is 5.85. The van der Waals surface area contributed by atoms with E-state index in [1.165, 1.54) is 6.42 Å². The average Bonchev–Trinajstić information content (AvgIpc) is 2.39. The Kier molecular flexibility index (Phi) is 3.78. The summed E-state index contributed by atoms with van der Waals surface area (Å²) in [7, 11) is 0. The van der Waals surface area contributed by atoms with Crippen LogP contribution >= 0.6 is 0 Å². The van der Waals surface area contributed by atoms with Crippen molar-refractivity contribution in [3.05, 3.63) is 23.3 Å². The molecule has 0 radical (unpaired) electrons. The highest BCUT2D eigenvalue weighted by molar-refractivity contribution is 5.90. The number of carbonyl (C=O) groups is 2. The first-order chi connectivity index (χ1) is 8.92. The van der Waals surface area contributed by atoms with Gasteiger partial charge >= 0.3 is 11.9 Å². The molecule has 1 fully saturated rings. The fraction of sp³-hybridized carbons (Fsp3) is 0.600. The van der Waals surface area contributed by atoms with Crippen molar-refractivity contribution < 1.29 is 19.8 Å². The molecule has 0 bridgehead atoms. The predicted octanol–water partition coefficient (Wildman–Crippen LogP) is 3.00. The Balaban J connectivity index is 2.34. The van der Waals surface area contributed by atoms with Crippen LogP contribution in [-0.4, -0.2) is 22.2 Å². The Morgan fingerprint density at radius 1 is 1.21 bits per heavy atom. The van der Waals surface area contributed by atoms with Gasteiger partial charge in [-0.25, -0.2) is 4.79 Å². The van der Waals surface area contributed by atoms with Gasteiger partial charge in [-0.2, -0.15) is 0 Å². The van der Waals surface area contributed by atoms with Gasteiger partial charge in [0.25, 0.3) is 0 Å². The highest BCUT2D eigenvalue weighted by atomic mass is 16.4. The number of carboxylic acids is 2.